The quantitative estimate of drug-likeness (QED) is 0.942. The van der Waals surface area contributed by atoms with E-state index in [0.717, 1.165) is 29.4 Å². The van der Waals surface area contributed by atoms with Gasteiger partial charge in [-0.3, -0.25) is 4.79 Å². The Morgan fingerprint density at radius 1 is 1.35 bits per heavy atom. The number of hydrogen-bond donors (Lipinski definition) is 1. The molecule has 1 saturated heterocycles. The Bertz CT molecular complexity index is 680. The highest BCUT2D eigenvalue weighted by atomic mass is 32.1. The van der Waals surface area contributed by atoms with E-state index in [2.05, 4.69) is 55.3 Å². The predicted octanol–water partition coefficient (Wildman–Crippen LogP) is 2.87. The fourth-order valence-electron chi connectivity index (χ4n) is 2.88. The second-order valence-corrected chi connectivity index (χ2v) is 7.12. The monoisotopic (exact) mass is 329 g/mol. The molecule has 1 aliphatic rings. The first-order chi connectivity index (χ1) is 11.0. The number of carbonyl (C=O) groups excluding carboxylic acids is 1. The van der Waals surface area contributed by atoms with Gasteiger partial charge in [0.15, 0.2) is 0 Å². The first-order valence-corrected chi connectivity index (χ1v) is 8.97. The van der Waals surface area contributed by atoms with E-state index in [0.29, 0.717) is 12.5 Å². The van der Waals surface area contributed by atoms with Crippen LogP contribution in [-0.2, 0) is 11.2 Å². The summed E-state index contributed by atoms with van der Waals surface area (Å²) in [6.07, 6.45) is 0.388. The number of thiazole rings is 1. The number of carbonyl (C=O) groups is 1. The Hall–Kier alpha value is -1.72. The highest BCUT2D eigenvalue weighted by Crippen LogP contribution is 2.24. The maximum Gasteiger partial charge on any atom is 0.228 e. The first-order valence-electron chi connectivity index (χ1n) is 8.09. The van der Waals surface area contributed by atoms with Gasteiger partial charge in [-0.05, 0) is 20.8 Å². The molecule has 0 bridgehead atoms. The maximum atomic E-state index is 12.6. The molecule has 122 valence electrons. The van der Waals surface area contributed by atoms with Gasteiger partial charge in [0.05, 0.1) is 12.1 Å². The van der Waals surface area contributed by atoms with Crippen LogP contribution >= 0.6 is 11.3 Å². The Labute approximate surface area is 141 Å². The van der Waals surface area contributed by atoms with Crippen LogP contribution < -0.4 is 5.32 Å². The summed E-state index contributed by atoms with van der Waals surface area (Å²) in [5.74, 6) is 0.173. The second-order valence-electron chi connectivity index (χ2n) is 6.26. The fourth-order valence-corrected chi connectivity index (χ4v) is 3.71. The summed E-state index contributed by atoms with van der Waals surface area (Å²) in [5, 5.41) is 6.39. The molecule has 5 heteroatoms. The van der Waals surface area contributed by atoms with Gasteiger partial charge in [-0.1, -0.05) is 29.8 Å². The summed E-state index contributed by atoms with van der Waals surface area (Å²) in [7, 11) is 0. The molecule has 23 heavy (non-hydrogen) atoms. The van der Waals surface area contributed by atoms with E-state index < -0.39 is 0 Å². The molecule has 0 radical (unpaired) electrons. The van der Waals surface area contributed by atoms with Crippen LogP contribution in [0.1, 0.15) is 25.1 Å². The zero-order valence-corrected chi connectivity index (χ0v) is 14.7. The van der Waals surface area contributed by atoms with Crippen LogP contribution in [0, 0.1) is 6.92 Å². The molecule has 0 aliphatic carbocycles. The summed E-state index contributed by atoms with van der Waals surface area (Å²) >= 11 is 1.60. The predicted molar refractivity (Wildman–Crippen MR) is 94.6 cm³/mol. The lowest BCUT2D eigenvalue weighted by Gasteiger charge is -2.38. The Balaban J connectivity index is 1.69. The third kappa shape index (κ3) is 3.62. The van der Waals surface area contributed by atoms with Crippen molar-refractivity contribution in [3.05, 3.63) is 40.9 Å². The molecular weight excluding hydrogens is 306 g/mol. The van der Waals surface area contributed by atoms with E-state index in [1.165, 1.54) is 5.56 Å². The lowest BCUT2D eigenvalue weighted by Crippen LogP contribution is -2.57. The lowest BCUT2D eigenvalue weighted by molar-refractivity contribution is -0.134. The average Bonchev–Trinajstić information content (AvgIpc) is 2.99. The van der Waals surface area contributed by atoms with Gasteiger partial charge in [0.2, 0.25) is 5.91 Å². The highest BCUT2D eigenvalue weighted by Gasteiger charge is 2.28. The van der Waals surface area contributed by atoms with Crippen LogP contribution in [0.15, 0.2) is 29.6 Å². The minimum atomic E-state index is 0.173. The minimum Gasteiger partial charge on any atom is -0.337 e. The van der Waals surface area contributed by atoms with Crippen LogP contribution in [-0.4, -0.2) is 41.0 Å². The van der Waals surface area contributed by atoms with Crippen molar-refractivity contribution in [3.8, 4) is 10.6 Å². The van der Waals surface area contributed by atoms with Gasteiger partial charge in [0, 0.05) is 36.1 Å². The molecule has 1 aliphatic heterocycles. The normalized spacial score (nSPS) is 21.4. The lowest BCUT2D eigenvalue weighted by atomic mass is 10.1. The van der Waals surface area contributed by atoms with Crippen molar-refractivity contribution in [1.29, 1.82) is 0 Å². The van der Waals surface area contributed by atoms with Gasteiger partial charge in [-0.2, -0.15) is 0 Å². The number of nitrogens with one attached hydrogen (secondary N) is 1. The van der Waals surface area contributed by atoms with E-state index >= 15 is 0 Å². The van der Waals surface area contributed by atoms with Gasteiger partial charge >= 0.3 is 0 Å². The molecule has 1 aromatic carbocycles. The van der Waals surface area contributed by atoms with E-state index in [1.54, 1.807) is 11.3 Å². The molecule has 2 atom stereocenters. The standard InChI is InChI=1S/C18H23N3OS/c1-12-4-6-15(7-5-12)18-20-16(11-23-18)10-17(22)21-9-8-19-13(2)14(21)3/h4-7,11,13-14,19H,8-10H2,1-3H3. The largest absolute Gasteiger partial charge is 0.337 e. The molecule has 1 amide bonds. The smallest absolute Gasteiger partial charge is 0.228 e. The van der Waals surface area contributed by atoms with Crippen molar-refractivity contribution in [2.75, 3.05) is 13.1 Å². The third-order valence-electron chi connectivity index (χ3n) is 4.54. The zero-order chi connectivity index (χ0) is 16.4. The van der Waals surface area contributed by atoms with Crippen LogP contribution in [0.5, 0.6) is 0 Å². The fraction of sp³-hybridized carbons (Fsp3) is 0.444. The number of piperazine rings is 1. The van der Waals surface area contributed by atoms with Crippen LogP contribution in [0.4, 0.5) is 0 Å². The number of aryl methyl sites for hydroxylation is 1. The first kappa shape index (κ1) is 16.1. The highest BCUT2D eigenvalue weighted by molar-refractivity contribution is 7.13. The topological polar surface area (TPSA) is 45.2 Å². The minimum absolute atomic E-state index is 0.173. The maximum absolute atomic E-state index is 12.6. The third-order valence-corrected chi connectivity index (χ3v) is 5.48. The summed E-state index contributed by atoms with van der Waals surface area (Å²) < 4.78 is 0. The van der Waals surface area contributed by atoms with Gasteiger partial charge in [0.25, 0.3) is 0 Å². The van der Waals surface area contributed by atoms with Crippen LogP contribution in [0.2, 0.25) is 0 Å². The Morgan fingerprint density at radius 3 is 2.83 bits per heavy atom. The molecular formula is C18H23N3OS. The van der Waals surface area contributed by atoms with Crippen molar-refractivity contribution in [2.45, 2.75) is 39.3 Å². The summed E-state index contributed by atoms with van der Waals surface area (Å²) in [4.78, 5) is 19.2. The average molecular weight is 329 g/mol. The van der Waals surface area contributed by atoms with Gasteiger partial charge < -0.3 is 10.2 Å². The van der Waals surface area contributed by atoms with E-state index in [9.17, 15) is 4.79 Å². The van der Waals surface area contributed by atoms with Gasteiger partial charge in [-0.15, -0.1) is 11.3 Å². The number of hydrogen-bond acceptors (Lipinski definition) is 4. The molecule has 2 unspecified atom stereocenters. The van der Waals surface area contributed by atoms with Crippen molar-refractivity contribution in [3.63, 3.8) is 0 Å². The van der Waals surface area contributed by atoms with Crippen molar-refractivity contribution in [1.82, 2.24) is 15.2 Å². The molecule has 2 aromatic rings. The summed E-state index contributed by atoms with van der Waals surface area (Å²) in [6, 6.07) is 8.91. The van der Waals surface area contributed by atoms with Crippen molar-refractivity contribution < 1.29 is 4.79 Å². The van der Waals surface area contributed by atoms with Gasteiger partial charge in [0.1, 0.15) is 5.01 Å². The Morgan fingerprint density at radius 2 is 2.09 bits per heavy atom. The molecule has 1 N–H and O–H groups in total. The molecule has 4 nitrogen and oxygen atoms in total. The van der Waals surface area contributed by atoms with E-state index in [1.807, 2.05) is 10.3 Å². The number of amides is 1. The molecule has 0 saturated carbocycles. The van der Waals surface area contributed by atoms with E-state index in [-0.39, 0.29) is 11.9 Å². The molecule has 2 heterocycles. The Kier molecular flexibility index (Phi) is 4.78. The zero-order valence-electron chi connectivity index (χ0n) is 13.9. The number of benzene rings is 1. The second kappa shape index (κ2) is 6.81. The van der Waals surface area contributed by atoms with Crippen molar-refractivity contribution >= 4 is 17.2 Å². The number of nitrogens with zero attached hydrogens (tertiary/aromatic N) is 2. The molecule has 3 rings (SSSR count). The van der Waals surface area contributed by atoms with Gasteiger partial charge in [-0.25, -0.2) is 4.98 Å². The molecule has 0 spiro atoms. The van der Waals surface area contributed by atoms with Crippen LogP contribution in [0.3, 0.4) is 0 Å². The number of rotatable bonds is 3. The summed E-state index contributed by atoms with van der Waals surface area (Å²) in [6.45, 7) is 7.95. The number of aromatic nitrogens is 1. The SMILES string of the molecule is Cc1ccc(-c2nc(CC(=O)N3CCNC(C)C3C)cs2)cc1. The van der Waals surface area contributed by atoms with Crippen molar-refractivity contribution in [2.24, 2.45) is 0 Å². The summed E-state index contributed by atoms with van der Waals surface area (Å²) in [5.41, 5.74) is 3.22. The van der Waals surface area contributed by atoms with Crippen LogP contribution in [0.25, 0.3) is 10.6 Å². The molecule has 1 aromatic heterocycles. The molecule has 1 fully saturated rings. The van der Waals surface area contributed by atoms with E-state index in [4.69, 9.17) is 0 Å².